The SMILES string of the molecule is OC1CCNC1c1ccc2n1CCO2. The lowest BCUT2D eigenvalue weighted by Crippen LogP contribution is -2.23. The fraction of sp³-hybridized carbons (Fsp3) is 0.600. The Kier molecular flexibility index (Phi) is 1.78. The lowest BCUT2D eigenvalue weighted by molar-refractivity contribution is 0.157. The Morgan fingerprint density at radius 2 is 2.43 bits per heavy atom. The third-order valence-corrected chi connectivity index (χ3v) is 3.05. The molecule has 2 unspecified atom stereocenters. The molecule has 0 saturated carbocycles. The molecular formula is C10H14N2O2. The molecule has 1 aromatic heterocycles. The average Bonchev–Trinajstić information content (AvgIpc) is 2.78. The second kappa shape index (κ2) is 3.00. The third-order valence-electron chi connectivity index (χ3n) is 3.05. The van der Waals surface area contributed by atoms with Crippen molar-refractivity contribution in [2.24, 2.45) is 0 Å². The van der Waals surface area contributed by atoms with Crippen LogP contribution in [-0.4, -0.2) is 28.9 Å². The van der Waals surface area contributed by atoms with Gasteiger partial charge >= 0.3 is 0 Å². The van der Waals surface area contributed by atoms with Crippen LogP contribution in [0.1, 0.15) is 18.2 Å². The smallest absolute Gasteiger partial charge is 0.193 e. The van der Waals surface area contributed by atoms with Crippen LogP contribution in [0.5, 0.6) is 5.88 Å². The molecule has 3 rings (SSSR count). The van der Waals surface area contributed by atoms with Gasteiger partial charge in [0.2, 0.25) is 0 Å². The van der Waals surface area contributed by atoms with E-state index in [2.05, 4.69) is 9.88 Å². The van der Waals surface area contributed by atoms with Gasteiger partial charge in [-0.1, -0.05) is 0 Å². The number of aliphatic hydroxyl groups excluding tert-OH is 1. The zero-order chi connectivity index (χ0) is 9.54. The fourth-order valence-electron chi connectivity index (χ4n) is 2.33. The summed E-state index contributed by atoms with van der Waals surface area (Å²) in [5, 5.41) is 13.1. The van der Waals surface area contributed by atoms with E-state index in [1.165, 1.54) is 0 Å². The fourth-order valence-corrected chi connectivity index (χ4v) is 2.33. The summed E-state index contributed by atoms with van der Waals surface area (Å²) in [6, 6.07) is 4.11. The maximum atomic E-state index is 9.78. The molecule has 1 saturated heterocycles. The number of aliphatic hydroxyl groups is 1. The monoisotopic (exact) mass is 194 g/mol. The summed E-state index contributed by atoms with van der Waals surface area (Å²) < 4.78 is 7.57. The number of nitrogens with zero attached hydrogens (tertiary/aromatic N) is 1. The molecule has 2 aliphatic rings. The molecule has 0 amide bonds. The third kappa shape index (κ3) is 1.07. The number of aromatic nitrogens is 1. The van der Waals surface area contributed by atoms with Gasteiger partial charge in [-0.05, 0) is 19.0 Å². The molecule has 0 radical (unpaired) electrons. The van der Waals surface area contributed by atoms with Crippen LogP contribution in [0.4, 0.5) is 0 Å². The highest BCUT2D eigenvalue weighted by molar-refractivity contribution is 5.27. The highest BCUT2D eigenvalue weighted by Gasteiger charge is 2.30. The summed E-state index contributed by atoms with van der Waals surface area (Å²) in [5.41, 5.74) is 1.16. The van der Waals surface area contributed by atoms with Gasteiger partial charge in [0.25, 0.3) is 0 Å². The first kappa shape index (κ1) is 8.32. The molecule has 14 heavy (non-hydrogen) atoms. The van der Waals surface area contributed by atoms with E-state index in [0.29, 0.717) is 0 Å². The second-order valence-electron chi connectivity index (χ2n) is 3.88. The van der Waals surface area contributed by atoms with Crippen LogP contribution in [0, 0.1) is 0 Å². The summed E-state index contributed by atoms with van der Waals surface area (Å²) in [6.45, 7) is 2.56. The lowest BCUT2D eigenvalue weighted by Gasteiger charge is -2.15. The van der Waals surface area contributed by atoms with Crippen molar-refractivity contribution in [2.75, 3.05) is 13.2 Å². The summed E-state index contributed by atoms with van der Waals surface area (Å²) in [7, 11) is 0. The van der Waals surface area contributed by atoms with E-state index >= 15 is 0 Å². The maximum absolute atomic E-state index is 9.78. The molecule has 4 heteroatoms. The van der Waals surface area contributed by atoms with Crippen molar-refractivity contribution in [3.8, 4) is 5.88 Å². The molecule has 1 aromatic rings. The number of nitrogens with one attached hydrogen (secondary N) is 1. The van der Waals surface area contributed by atoms with E-state index in [9.17, 15) is 5.11 Å². The van der Waals surface area contributed by atoms with Gasteiger partial charge in [0, 0.05) is 11.8 Å². The number of hydrogen-bond donors (Lipinski definition) is 2. The van der Waals surface area contributed by atoms with E-state index in [4.69, 9.17) is 4.74 Å². The molecule has 2 N–H and O–H groups in total. The standard InChI is InChI=1S/C10H14N2O2/c13-8-3-4-11-10(8)7-1-2-9-12(7)5-6-14-9/h1-2,8,10-11,13H,3-6H2. The van der Waals surface area contributed by atoms with Crippen LogP contribution < -0.4 is 10.1 Å². The minimum Gasteiger partial charge on any atom is -0.477 e. The zero-order valence-electron chi connectivity index (χ0n) is 7.94. The van der Waals surface area contributed by atoms with Crippen LogP contribution in [0.2, 0.25) is 0 Å². The Morgan fingerprint density at radius 1 is 1.50 bits per heavy atom. The van der Waals surface area contributed by atoms with Crippen molar-refractivity contribution in [3.63, 3.8) is 0 Å². The Hall–Kier alpha value is -1.00. The molecule has 2 aliphatic heterocycles. The normalized spacial score (nSPS) is 30.4. The van der Waals surface area contributed by atoms with Gasteiger partial charge in [0.05, 0.1) is 18.7 Å². The van der Waals surface area contributed by atoms with Crippen molar-refractivity contribution in [1.29, 1.82) is 0 Å². The molecule has 0 aliphatic carbocycles. The largest absolute Gasteiger partial charge is 0.477 e. The summed E-state index contributed by atoms with van der Waals surface area (Å²) >= 11 is 0. The van der Waals surface area contributed by atoms with Crippen LogP contribution in [-0.2, 0) is 6.54 Å². The molecule has 4 nitrogen and oxygen atoms in total. The zero-order valence-corrected chi connectivity index (χ0v) is 7.94. The quantitative estimate of drug-likeness (QED) is 0.675. The highest BCUT2D eigenvalue weighted by Crippen LogP contribution is 2.30. The van der Waals surface area contributed by atoms with Gasteiger partial charge in [-0.2, -0.15) is 0 Å². The van der Waals surface area contributed by atoms with Crippen molar-refractivity contribution in [1.82, 2.24) is 9.88 Å². The maximum Gasteiger partial charge on any atom is 0.193 e. The highest BCUT2D eigenvalue weighted by atomic mass is 16.5. The number of hydrogen-bond acceptors (Lipinski definition) is 3. The van der Waals surface area contributed by atoms with E-state index in [0.717, 1.165) is 37.7 Å². The van der Waals surface area contributed by atoms with Crippen molar-refractivity contribution >= 4 is 0 Å². The van der Waals surface area contributed by atoms with Gasteiger partial charge in [-0.15, -0.1) is 0 Å². The van der Waals surface area contributed by atoms with E-state index in [1.54, 1.807) is 0 Å². The Balaban J connectivity index is 1.96. The van der Waals surface area contributed by atoms with Gasteiger partial charge in [-0.25, -0.2) is 0 Å². The van der Waals surface area contributed by atoms with Crippen molar-refractivity contribution in [2.45, 2.75) is 25.1 Å². The minimum absolute atomic E-state index is 0.0884. The minimum atomic E-state index is -0.255. The van der Waals surface area contributed by atoms with Crippen molar-refractivity contribution < 1.29 is 9.84 Å². The van der Waals surface area contributed by atoms with Gasteiger partial charge in [0.15, 0.2) is 5.88 Å². The van der Waals surface area contributed by atoms with Crippen LogP contribution >= 0.6 is 0 Å². The summed E-state index contributed by atoms with van der Waals surface area (Å²) in [6.07, 6.45) is 0.584. The second-order valence-corrected chi connectivity index (χ2v) is 3.88. The van der Waals surface area contributed by atoms with Crippen molar-refractivity contribution in [3.05, 3.63) is 17.8 Å². The number of fused-ring (bicyclic) bond motifs is 1. The van der Waals surface area contributed by atoms with E-state index in [-0.39, 0.29) is 12.1 Å². The van der Waals surface area contributed by atoms with E-state index in [1.807, 2.05) is 12.1 Å². The molecule has 0 spiro atoms. The van der Waals surface area contributed by atoms with Crippen LogP contribution in [0.25, 0.3) is 0 Å². The number of ether oxygens (including phenoxy) is 1. The molecule has 0 bridgehead atoms. The Bertz CT molecular complexity index is 348. The number of rotatable bonds is 1. The predicted octanol–water partition coefficient (Wildman–Crippen LogP) is 0.276. The Morgan fingerprint density at radius 3 is 3.21 bits per heavy atom. The topological polar surface area (TPSA) is 46.4 Å². The lowest BCUT2D eigenvalue weighted by atomic mass is 10.1. The predicted molar refractivity (Wildman–Crippen MR) is 51.3 cm³/mol. The molecule has 3 heterocycles. The molecule has 2 atom stereocenters. The van der Waals surface area contributed by atoms with Crippen LogP contribution in [0.3, 0.4) is 0 Å². The first-order chi connectivity index (χ1) is 6.86. The summed E-state index contributed by atoms with van der Waals surface area (Å²) in [4.78, 5) is 0. The molecule has 0 aromatic carbocycles. The summed E-state index contributed by atoms with van der Waals surface area (Å²) in [5.74, 6) is 0.931. The molecule has 1 fully saturated rings. The first-order valence-corrected chi connectivity index (χ1v) is 5.10. The molecule has 76 valence electrons. The van der Waals surface area contributed by atoms with Crippen LogP contribution in [0.15, 0.2) is 12.1 Å². The first-order valence-electron chi connectivity index (χ1n) is 5.10. The van der Waals surface area contributed by atoms with Gasteiger partial charge in [-0.3, -0.25) is 0 Å². The Labute approximate surface area is 82.5 Å². The van der Waals surface area contributed by atoms with Gasteiger partial charge in [0.1, 0.15) is 6.61 Å². The average molecular weight is 194 g/mol. The van der Waals surface area contributed by atoms with E-state index < -0.39 is 0 Å². The molecular weight excluding hydrogens is 180 g/mol. The van der Waals surface area contributed by atoms with Gasteiger partial charge < -0.3 is 19.7 Å².